The number of urea groups is 1. The summed E-state index contributed by atoms with van der Waals surface area (Å²) >= 11 is 0. The highest BCUT2D eigenvalue weighted by Crippen LogP contribution is 2.32. The quantitative estimate of drug-likeness (QED) is 0.413. The highest BCUT2D eigenvalue weighted by Gasteiger charge is 2.43. The maximum absolute atomic E-state index is 14.3. The number of anilines is 2. The molecule has 3 aromatic rings. The largest absolute Gasteiger partial charge is 0.371 e. The van der Waals surface area contributed by atoms with E-state index in [-0.39, 0.29) is 29.3 Å². The third-order valence-electron chi connectivity index (χ3n) is 5.75. The Morgan fingerprint density at radius 2 is 1.76 bits per heavy atom. The summed E-state index contributed by atoms with van der Waals surface area (Å²) in [7, 11) is 0. The second-order valence-corrected chi connectivity index (χ2v) is 7.90. The zero-order valence-electron chi connectivity index (χ0n) is 17.2. The number of aromatic nitrogens is 2. The molecule has 2 aliphatic heterocycles. The fraction of sp³-hybridized carbons (Fsp3) is 0.182. The number of carbonyl (C=O) groups is 2. The van der Waals surface area contributed by atoms with Crippen molar-refractivity contribution in [2.45, 2.75) is 25.2 Å². The minimum Gasteiger partial charge on any atom is -0.371 e. The molecule has 2 aromatic carbocycles. The van der Waals surface area contributed by atoms with Crippen molar-refractivity contribution >= 4 is 23.4 Å². The normalized spacial score (nSPS) is 21.3. The first-order valence-electron chi connectivity index (χ1n) is 10.0. The van der Waals surface area contributed by atoms with E-state index in [9.17, 15) is 23.5 Å². The van der Waals surface area contributed by atoms with Crippen LogP contribution in [0.15, 0.2) is 42.5 Å². The van der Waals surface area contributed by atoms with Crippen LogP contribution in [0.25, 0.3) is 11.4 Å². The zero-order valence-corrected chi connectivity index (χ0v) is 17.2. The molecule has 0 saturated carbocycles. The van der Waals surface area contributed by atoms with Gasteiger partial charge in [-0.2, -0.15) is 0 Å². The average Bonchev–Trinajstić information content (AvgIpc) is 3.27. The van der Waals surface area contributed by atoms with Crippen LogP contribution < -0.4 is 21.3 Å². The Labute approximate surface area is 186 Å². The number of nitrogens with one attached hydrogen (secondary N) is 4. The predicted molar refractivity (Wildman–Crippen MR) is 113 cm³/mol. The van der Waals surface area contributed by atoms with E-state index in [1.807, 2.05) is 0 Å². The molecule has 0 aliphatic carbocycles. The van der Waals surface area contributed by atoms with Gasteiger partial charge in [0.25, 0.3) is 5.91 Å². The van der Waals surface area contributed by atoms with Gasteiger partial charge in [0.1, 0.15) is 28.6 Å². The predicted octanol–water partition coefficient (Wildman–Crippen LogP) is 2.26. The first kappa shape index (κ1) is 20.8. The highest BCUT2D eigenvalue weighted by atomic mass is 19.1. The van der Waals surface area contributed by atoms with Gasteiger partial charge in [-0.05, 0) is 36.8 Å². The van der Waals surface area contributed by atoms with Crippen LogP contribution in [-0.2, 0) is 12.1 Å². The van der Waals surface area contributed by atoms with Crippen molar-refractivity contribution in [2.24, 2.45) is 0 Å². The molecule has 1 aromatic heterocycles. The SMILES string of the molecule is C[C@@]1(c2ccc(Nc3nc(-c4c(F)cccc4F)nc4c3C(=O)NC4)cc2)NC(=O)NC1O. The Morgan fingerprint density at radius 1 is 1.06 bits per heavy atom. The van der Waals surface area contributed by atoms with Gasteiger partial charge in [0.15, 0.2) is 12.1 Å². The third kappa shape index (κ3) is 3.42. The van der Waals surface area contributed by atoms with Gasteiger partial charge in [0.05, 0.1) is 17.8 Å². The molecule has 1 unspecified atom stereocenters. The van der Waals surface area contributed by atoms with Gasteiger partial charge < -0.3 is 26.4 Å². The highest BCUT2D eigenvalue weighted by molar-refractivity contribution is 6.03. The van der Waals surface area contributed by atoms with Gasteiger partial charge in [-0.25, -0.2) is 23.5 Å². The lowest BCUT2D eigenvalue weighted by molar-refractivity contribution is 0.0902. The van der Waals surface area contributed by atoms with E-state index in [4.69, 9.17) is 0 Å². The molecule has 9 nitrogen and oxygen atoms in total. The zero-order chi connectivity index (χ0) is 23.3. The van der Waals surface area contributed by atoms with E-state index in [0.717, 1.165) is 12.1 Å². The van der Waals surface area contributed by atoms with Gasteiger partial charge in [-0.15, -0.1) is 0 Å². The van der Waals surface area contributed by atoms with E-state index in [1.165, 1.54) is 6.07 Å². The van der Waals surface area contributed by atoms with Crippen molar-refractivity contribution in [1.29, 1.82) is 0 Å². The van der Waals surface area contributed by atoms with Gasteiger partial charge in [-0.1, -0.05) is 18.2 Å². The smallest absolute Gasteiger partial charge is 0.317 e. The molecule has 0 bridgehead atoms. The number of aliphatic hydroxyl groups is 1. The van der Waals surface area contributed by atoms with Crippen molar-refractivity contribution in [2.75, 3.05) is 5.32 Å². The fourth-order valence-corrected chi connectivity index (χ4v) is 3.92. The molecule has 3 amide bonds. The Hall–Kier alpha value is -4.12. The number of fused-ring (bicyclic) bond motifs is 1. The first-order valence-corrected chi connectivity index (χ1v) is 10.0. The minimum atomic E-state index is -1.11. The molecule has 0 spiro atoms. The molecule has 2 atom stereocenters. The molecule has 168 valence electrons. The van der Waals surface area contributed by atoms with Crippen LogP contribution >= 0.6 is 0 Å². The van der Waals surface area contributed by atoms with Crippen LogP contribution in [0.2, 0.25) is 0 Å². The lowest BCUT2D eigenvalue weighted by Gasteiger charge is -2.27. The van der Waals surface area contributed by atoms with E-state index in [1.54, 1.807) is 31.2 Å². The lowest BCUT2D eigenvalue weighted by Crippen LogP contribution is -2.43. The number of rotatable bonds is 4. The number of aliphatic hydroxyl groups excluding tert-OH is 1. The second kappa shape index (κ2) is 7.48. The minimum absolute atomic E-state index is 0.0995. The molecule has 5 rings (SSSR count). The van der Waals surface area contributed by atoms with Crippen LogP contribution in [0.5, 0.6) is 0 Å². The summed E-state index contributed by atoms with van der Waals surface area (Å²) in [5.41, 5.74) is 0.260. The molecular formula is C22H18F2N6O3. The second-order valence-electron chi connectivity index (χ2n) is 7.90. The maximum Gasteiger partial charge on any atom is 0.317 e. The average molecular weight is 452 g/mol. The van der Waals surface area contributed by atoms with Gasteiger partial charge in [-0.3, -0.25) is 4.79 Å². The maximum atomic E-state index is 14.3. The van der Waals surface area contributed by atoms with E-state index in [0.29, 0.717) is 16.9 Å². The summed E-state index contributed by atoms with van der Waals surface area (Å²) < 4.78 is 28.7. The van der Waals surface area contributed by atoms with Crippen molar-refractivity contribution in [3.63, 3.8) is 0 Å². The molecule has 1 saturated heterocycles. The summed E-state index contributed by atoms with van der Waals surface area (Å²) in [4.78, 5) is 32.4. The number of benzene rings is 2. The van der Waals surface area contributed by atoms with Crippen molar-refractivity contribution in [1.82, 2.24) is 25.9 Å². The van der Waals surface area contributed by atoms with Crippen LogP contribution in [0.3, 0.4) is 0 Å². The standard InChI is InChI=1S/C22H18F2N6O3/c1-22(20(32)29-21(33)30-22)10-5-7-11(8-6-10)26-18-16-14(9-25-19(16)31)27-17(28-18)15-12(23)3-2-4-13(15)24/h2-8,20,32H,9H2,1H3,(H,25,31)(H,26,27,28)(H2,29,30,33)/t20?,22-/m0/s1. The Balaban J connectivity index is 1.52. The number of nitrogens with zero attached hydrogens (tertiary/aromatic N) is 2. The lowest BCUT2D eigenvalue weighted by atomic mass is 9.91. The summed E-state index contributed by atoms with van der Waals surface area (Å²) in [6.07, 6.45) is -1.11. The Bertz CT molecular complexity index is 1280. The monoisotopic (exact) mass is 452 g/mol. The molecule has 3 heterocycles. The van der Waals surface area contributed by atoms with Crippen molar-refractivity contribution < 1.29 is 23.5 Å². The molecule has 11 heteroatoms. The summed E-state index contributed by atoms with van der Waals surface area (Å²) in [6, 6.07) is 9.70. The van der Waals surface area contributed by atoms with E-state index >= 15 is 0 Å². The number of amides is 3. The molecule has 5 N–H and O–H groups in total. The number of carbonyl (C=O) groups excluding carboxylic acids is 2. The van der Waals surface area contributed by atoms with Gasteiger partial charge in [0, 0.05) is 5.69 Å². The third-order valence-corrected chi connectivity index (χ3v) is 5.75. The molecular weight excluding hydrogens is 434 g/mol. The fourth-order valence-electron chi connectivity index (χ4n) is 3.92. The van der Waals surface area contributed by atoms with Crippen LogP contribution in [0, 0.1) is 11.6 Å². The Kier molecular flexibility index (Phi) is 4.71. The summed E-state index contributed by atoms with van der Waals surface area (Å²) in [5, 5.41) is 20.9. The van der Waals surface area contributed by atoms with E-state index < -0.39 is 35.3 Å². The summed E-state index contributed by atoms with van der Waals surface area (Å²) in [5.74, 6) is -2.12. The van der Waals surface area contributed by atoms with E-state index in [2.05, 4.69) is 31.2 Å². The molecule has 1 fully saturated rings. The van der Waals surface area contributed by atoms with Gasteiger partial charge >= 0.3 is 6.03 Å². The number of hydrogen-bond donors (Lipinski definition) is 5. The number of hydrogen-bond acceptors (Lipinski definition) is 6. The number of halogens is 2. The molecule has 2 aliphatic rings. The summed E-state index contributed by atoms with van der Waals surface area (Å²) in [6.45, 7) is 1.78. The van der Waals surface area contributed by atoms with Gasteiger partial charge in [0.2, 0.25) is 0 Å². The topological polar surface area (TPSA) is 128 Å². The molecule has 33 heavy (non-hydrogen) atoms. The molecule has 0 radical (unpaired) electrons. The Morgan fingerprint density at radius 3 is 2.39 bits per heavy atom. The first-order chi connectivity index (χ1) is 15.8. The van der Waals surface area contributed by atoms with Crippen LogP contribution in [0.1, 0.15) is 28.5 Å². The van der Waals surface area contributed by atoms with Crippen LogP contribution in [-0.4, -0.2) is 33.2 Å². The van der Waals surface area contributed by atoms with Crippen LogP contribution in [0.4, 0.5) is 25.1 Å². The van der Waals surface area contributed by atoms with Crippen molar-refractivity contribution in [3.8, 4) is 11.4 Å². The van der Waals surface area contributed by atoms with Crippen molar-refractivity contribution in [3.05, 3.63) is 70.9 Å².